The van der Waals surface area contributed by atoms with Gasteiger partial charge in [0.05, 0.1) is 11.3 Å². The lowest BCUT2D eigenvalue weighted by molar-refractivity contribution is -0.148. The Morgan fingerprint density at radius 1 is 1.29 bits per heavy atom. The van der Waals surface area contributed by atoms with Crippen LogP contribution in [0.2, 0.25) is 0 Å². The fourth-order valence-corrected chi connectivity index (χ4v) is 4.71. The molecule has 0 aromatic heterocycles. The quantitative estimate of drug-likeness (QED) is 0.472. The van der Waals surface area contributed by atoms with Gasteiger partial charge in [-0.15, -0.1) is 0 Å². The van der Waals surface area contributed by atoms with E-state index in [0.717, 1.165) is 12.8 Å². The molecular formula is C13H21N3O. The SMILES string of the molecule is CC(=N)NC(=O)C12CC3CC(CC(C3)C1N)C2. The van der Waals surface area contributed by atoms with E-state index in [-0.39, 0.29) is 23.2 Å². The molecule has 4 heteroatoms. The van der Waals surface area contributed by atoms with Gasteiger partial charge in [0.15, 0.2) is 0 Å². The van der Waals surface area contributed by atoms with Gasteiger partial charge in [0, 0.05) is 6.04 Å². The summed E-state index contributed by atoms with van der Waals surface area (Å²) in [7, 11) is 0. The molecule has 0 spiro atoms. The molecule has 4 bridgehead atoms. The van der Waals surface area contributed by atoms with Crippen molar-refractivity contribution < 1.29 is 4.79 Å². The number of hydrogen-bond donors (Lipinski definition) is 3. The Balaban J connectivity index is 1.90. The number of nitrogens with one attached hydrogen (secondary N) is 2. The van der Waals surface area contributed by atoms with Crippen LogP contribution in [0.5, 0.6) is 0 Å². The van der Waals surface area contributed by atoms with Crippen molar-refractivity contribution in [3.05, 3.63) is 0 Å². The normalized spacial score (nSPS) is 46.9. The molecule has 4 nitrogen and oxygen atoms in total. The van der Waals surface area contributed by atoms with E-state index >= 15 is 0 Å². The zero-order valence-electron chi connectivity index (χ0n) is 10.3. The van der Waals surface area contributed by atoms with Crippen LogP contribution in [0.15, 0.2) is 0 Å². The summed E-state index contributed by atoms with van der Waals surface area (Å²) in [6.07, 6.45) is 5.62. The lowest BCUT2D eigenvalue weighted by atomic mass is 9.47. The van der Waals surface area contributed by atoms with Gasteiger partial charge in [-0.2, -0.15) is 0 Å². The van der Waals surface area contributed by atoms with E-state index in [0.29, 0.717) is 17.8 Å². The number of nitrogens with two attached hydrogens (primary N) is 1. The van der Waals surface area contributed by atoms with Gasteiger partial charge in [0.2, 0.25) is 5.91 Å². The number of amidine groups is 1. The molecule has 3 atom stereocenters. The maximum absolute atomic E-state index is 12.4. The summed E-state index contributed by atoms with van der Waals surface area (Å²) in [5.74, 6) is 2.18. The predicted octanol–water partition coefficient (Wildman–Crippen LogP) is 1.25. The molecule has 17 heavy (non-hydrogen) atoms. The van der Waals surface area contributed by atoms with Crippen LogP contribution in [0, 0.1) is 28.6 Å². The average molecular weight is 235 g/mol. The Morgan fingerprint density at radius 2 is 1.88 bits per heavy atom. The van der Waals surface area contributed by atoms with Crippen LogP contribution >= 0.6 is 0 Å². The Bertz CT molecular complexity index is 365. The van der Waals surface area contributed by atoms with Crippen LogP contribution in [-0.2, 0) is 4.79 Å². The predicted molar refractivity (Wildman–Crippen MR) is 65.5 cm³/mol. The Morgan fingerprint density at radius 3 is 2.41 bits per heavy atom. The molecule has 94 valence electrons. The third kappa shape index (κ3) is 1.53. The minimum Gasteiger partial charge on any atom is -0.326 e. The van der Waals surface area contributed by atoms with Crippen molar-refractivity contribution in [2.75, 3.05) is 0 Å². The zero-order chi connectivity index (χ0) is 12.2. The molecule has 3 unspecified atom stereocenters. The second kappa shape index (κ2) is 3.55. The lowest BCUT2D eigenvalue weighted by Gasteiger charge is -2.59. The summed E-state index contributed by atoms with van der Waals surface area (Å²) in [5.41, 5.74) is 5.98. The molecule has 4 rings (SSSR count). The standard InChI is InChI=1S/C13H21N3O/c1-7(14)16-12(17)13-5-8-2-9(6-13)4-10(3-8)11(13)15/h8-11H,2-6,15H2,1H3,(H2,14,16,17). The first-order valence-electron chi connectivity index (χ1n) is 6.63. The van der Waals surface area contributed by atoms with E-state index < -0.39 is 0 Å². The first-order chi connectivity index (χ1) is 8.01. The maximum atomic E-state index is 12.4. The summed E-state index contributed by atoms with van der Waals surface area (Å²) >= 11 is 0. The smallest absolute Gasteiger partial charge is 0.233 e. The molecule has 4 fully saturated rings. The van der Waals surface area contributed by atoms with Gasteiger partial charge < -0.3 is 11.1 Å². The average Bonchev–Trinajstić information content (AvgIpc) is 2.23. The summed E-state index contributed by atoms with van der Waals surface area (Å²) in [4.78, 5) is 12.4. The molecular weight excluding hydrogens is 214 g/mol. The molecule has 0 saturated heterocycles. The number of rotatable bonds is 1. The lowest BCUT2D eigenvalue weighted by Crippen LogP contribution is -2.65. The van der Waals surface area contributed by atoms with Crippen molar-refractivity contribution in [3.63, 3.8) is 0 Å². The summed E-state index contributed by atoms with van der Waals surface area (Å²) in [6.45, 7) is 1.62. The van der Waals surface area contributed by atoms with E-state index in [1.165, 1.54) is 19.3 Å². The Kier molecular flexibility index (Phi) is 2.34. The summed E-state index contributed by atoms with van der Waals surface area (Å²) < 4.78 is 0. The van der Waals surface area contributed by atoms with E-state index in [4.69, 9.17) is 11.1 Å². The largest absolute Gasteiger partial charge is 0.326 e. The summed E-state index contributed by atoms with van der Waals surface area (Å²) in [6, 6.07) is 0.00894. The third-order valence-corrected chi connectivity index (χ3v) is 5.14. The highest BCUT2D eigenvalue weighted by Gasteiger charge is 2.59. The fraction of sp³-hybridized carbons (Fsp3) is 0.846. The van der Waals surface area contributed by atoms with Gasteiger partial charge in [-0.3, -0.25) is 10.2 Å². The monoisotopic (exact) mass is 235 g/mol. The molecule has 0 radical (unpaired) electrons. The third-order valence-electron chi connectivity index (χ3n) is 5.14. The first kappa shape index (κ1) is 11.2. The topological polar surface area (TPSA) is 79.0 Å². The van der Waals surface area contributed by atoms with Gasteiger partial charge in [0.1, 0.15) is 0 Å². The second-order valence-corrected chi connectivity index (χ2v) is 6.37. The first-order valence-corrected chi connectivity index (χ1v) is 6.63. The van der Waals surface area contributed by atoms with Gasteiger partial charge in [-0.1, -0.05) is 0 Å². The molecule has 4 N–H and O–H groups in total. The van der Waals surface area contributed by atoms with E-state index in [1.54, 1.807) is 6.92 Å². The van der Waals surface area contributed by atoms with Crippen molar-refractivity contribution in [2.45, 2.75) is 45.1 Å². The Labute approximate surface area is 102 Å². The van der Waals surface area contributed by atoms with Gasteiger partial charge in [0.25, 0.3) is 0 Å². The number of amides is 1. The molecule has 0 aromatic rings. The molecule has 0 aliphatic heterocycles. The van der Waals surface area contributed by atoms with Crippen LogP contribution in [0.3, 0.4) is 0 Å². The van der Waals surface area contributed by atoms with Crippen molar-refractivity contribution >= 4 is 11.7 Å². The van der Waals surface area contributed by atoms with Crippen LogP contribution in [-0.4, -0.2) is 17.8 Å². The molecule has 4 aliphatic rings. The van der Waals surface area contributed by atoms with Gasteiger partial charge in [-0.05, 0) is 56.8 Å². The molecule has 4 aliphatic carbocycles. The van der Waals surface area contributed by atoms with Crippen molar-refractivity contribution in [3.8, 4) is 0 Å². The summed E-state index contributed by atoms with van der Waals surface area (Å²) in [5, 5.41) is 10.1. The zero-order valence-corrected chi connectivity index (χ0v) is 10.3. The van der Waals surface area contributed by atoms with E-state index in [2.05, 4.69) is 5.32 Å². The highest BCUT2D eigenvalue weighted by molar-refractivity contribution is 5.98. The second-order valence-electron chi connectivity index (χ2n) is 6.37. The van der Waals surface area contributed by atoms with Crippen LogP contribution in [0.4, 0.5) is 0 Å². The van der Waals surface area contributed by atoms with E-state index in [9.17, 15) is 4.79 Å². The highest BCUT2D eigenvalue weighted by Crippen LogP contribution is 2.59. The van der Waals surface area contributed by atoms with Crippen LogP contribution < -0.4 is 11.1 Å². The van der Waals surface area contributed by atoms with Crippen LogP contribution in [0.25, 0.3) is 0 Å². The van der Waals surface area contributed by atoms with Crippen molar-refractivity contribution in [1.29, 1.82) is 5.41 Å². The minimum absolute atomic E-state index is 0.00894. The van der Waals surface area contributed by atoms with Crippen molar-refractivity contribution in [2.24, 2.45) is 28.9 Å². The molecule has 0 aromatic carbocycles. The van der Waals surface area contributed by atoms with Crippen molar-refractivity contribution in [1.82, 2.24) is 5.32 Å². The number of hydrogen-bond acceptors (Lipinski definition) is 3. The van der Waals surface area contributed by atoms with Gasteiger partial charge in [-0.25, -0.2) is 0 Å². The minimum atomic E-state index is -0.364. The molecule has 0 heterocycles. The van der Waals surface area contributed by atoms with Crippen LogP contribution in [0.1, 0.15) is 39.0 Å². The Hall–Kier alpha value is -0.900. The number of carbonyl (C=O) groups excluding carboxylic acids is 1. The van der Waals surface area contributed by atoms with Gasteiger partial charge >= 0.3 is 0 Å². The van der Waals surface area contributed by atoms with E-state index in [1.807, 2.05) is 0 Å². The molecule has 1 amide bonds. The maximum Gasteiger partial charge on any atom is 0.233 e. The molecule has 4 saturated carbocycles. The highest BCUT2D eigenvalue weighted by atomic mass is 16.2. The fourth-order valence-electron chi connectivity index (χ4n) is 4.71. The number of carbonyl (C=O) groups is 1.